The molecule has 2 aromatic rings. The van der Waals surface area contributed by atoms with Crippen molar-refractivity contribution in [2.75, 3.05) is 0 Å². The number of hydrogen-bond acceptors (Lipinski definition) is 4. The number of nitroso groups, excluding NO2 is 1. The number of alkyl halides is 1. The highest BCUT2D eigenvalue weighted by Gasteiger charge is 2.18. The van der Waals surface area contributed by atoms with Gasteiger partial charge in [0.05, 0.1) is 5.56 Å². The van der Waals surface area contributed by atoms with E-state index in [0.29, 0.717) is 28.9 Å². The Morgan fingerprint density at radius 1 is 1.65 bits per heavy atom. The van der Waals surface area contributed by atoms with Crippen LogP contribution in [0.2, 0.25) is 0 Å². The molecule has 0 aliphatic rings. The predicted molar refractivity (Wildman–Crippen MR) is 64.3 cm³/mol. The highest BCUT2D eigenvalue weighted by Crippen LogP contribution is 2.24. The second-order valence-corrected chi connectivity index (χ2v) is 4.08. The second kappa shape index (κ2) is 4.29. The Morgan fingerprint density at radius 2 is 2.35 bits per heavy atom. The van der Waals surface area contributed by atoms with Gasteiger partial charge in [0, 0.05) is 17.5 Å². The topological polar surface area (TPSA) is 79.6 Å². The molecule has 0 saturated carbocycles. The Morgan fingerprint density at radius 3 is 2.94 bits per heavy atom. The van der Waals surface area contributed by atoms with Gasteiger partial charge in [-0.2, -0.15) is 0 Å². The number of nitrogens with one attached hydrogen (secondary N) is 1. The smallest absolute Gasteiger partial charge is 0.276 e. The van der Waals surface area contributed by atoms with Crippen LogP contribution in [0.5, 0.6) is 0 Å². The molecular formula is C10H11ClN4O2. The van der Waals surface area contributed by atoms with E-state index in [4.69, 9.17) is 11.6 Å². The summed E-state index contributed by atoms with van der Waals surface area (Å²) in [7, 11) is 0. The van der Waals surface area contributed by atoms with Gasteiger partial charge in [-0.1, -0.05) is 18.5 Å². The van der Waals surface area contributed by atoms with Crippen LogP contribution in [0.1, 0.15) is 29.2 Å². The first-order valence-corrected chi connectivity index (χ1v) is 5.59. The minimum Gasteiger partial charge on any atom is -0.296 e. The van der Waals surface area contributed by atoms with Gasteiger partial charge in [0.2, 0.25) is 0 Å². The van der Waals surface area contributed by atoms with Crippen molar-refractivity contribution in [3.05, 3.63) is 38.3 Å². The summed E-state index contributed by atoms with van der Waals surface area (Å²) in [4.78, 5) is 26.8. The number of aromatic amines is 1. The summed E-state index contributed by atoms with van der Waals surface area (Å²) in [6.45, 7) is 3.65. The average Bonchev–Trinajstić information content (AvgIpc) is 2.72. The zero-order valence-corrected chi connectivity index (χ0v) is 10.2. The molecule has 0 amide bonds. The highest BCUT2D eigenvalue weighted by molar-refractivity contribution is 6.21. The van der Waals surface area contributed by atoms with Crippen molar-refractivity contribution in [1.82, 2.24) is 14.6 Å². The Labute approximate surface area is 102 Å². The lowest BCUT2D eigenvalue weighted by Gasteiger charge is -2.03. The van der Waals surface area contributed by atoms with Crippen LogP contribution in [-0.4, -0.2) is 14.6 Å². The molecule has 0 radical (unpaired) electrons. The molecule has 0 aliphatic heterocycles. The van der Waals surface area contributed by atoms with Crippen molar-refractivity contribution in [3.8, 4) is 0 Å². The zero-order chi connectivity index (χ0) is 12.6. The van der Waals surface area contributed by atoms with Gasteiger partial charge in [-0.15, -0.1) is 4.91 Å². The van der Waals surface area contributed by atoms with E-state index in [1.165, 1.54) is 10.7 Å². The number of rotatable bonds is 3. The predicted octanol–water partition coefficient (Wildman–Crippen LogP) is 1.90. The van der Waals surface area contributed by atoms with E-state index in [9.17, 15) is 9.70 Å². The lowest BCUT2D eigenvalue weighted by molar-refractivity contribution is 0.852. The molecule has 0 aromatic carbocycles. The summed E-state index contributed by atoms with van der Waals surface area (Å²) in [5.41, 5.74) is 0.828. The monoisotopic (exact) mass is 254 g/mol. The third-order valence-electron chi connectivity index (χ3n) is 2.69. The molecule has 0 fully saturated rings. The summed E-state index contributed by atoms with van der Waals surface area (Å²) in [5.74, 6) is 0. The third kappa shape index (κ3) is 1.74. The number of fused-ring (bicyclic) bond motifs is 1. The largest absolute Gasteiger partial charge is 0.296 e. The fourth-order valence-electron chi connectivity index (χ4n) is 1.81. The Bertz CT molecular complexity index is 631. The molecule has 0 spiro atoms. The van der Waals surface area contributed by atoms with Crippen molar-refractivity contribution in [2.45, 2.75) is 25.8 Å². The summed E-state index contributed by atoms with van der Waals surface area (Å²) in [5, 5.41) is 5.45. The van der Waals surface area contributed by atoms with Crippen LogP contribution in [0.15, 0.2) is 16.2 Å². The fourth-order valence-corrected chi connectivity index (χ4v) is 1.97. The van der Waals surface area contributed by atoms with Gasteiger partial charge in [-0.25, -0.2) is 9.50 Å². The lowest BCUT2D eigenvalue weighted by Crippen LogP contribution is -2.21. The van der Waals surface area contributed by atoms with Crippen molar-refractivity contribution in [3.63, 3.8) is 0 Å². The van der Waals surface area contributed by atoms with E-state index in [2.05, 4.69) is 15.3 Å². The van der Waals surface area contributed by atoms with Gasteiger partial charge in [-0.3, -0.25) is 9.89 Å². The number of halogens is 1. The SMILES string of the molecule is CCc1c(C)nc2c(C(Cl)N=O)c[nH]n2c1=O. The molecule has 2 aromatic heterocycles. The first-order chi connectivity index (χ1) is 8.10. The van der Waals surface area contributed by atoms with Crippen molar-refractivity contribution < 1.29 is 0 Å². The molecule has 6 nitrogen and oxygen atoms in total. The third-order valence-corrected chi connectivity index (χ3v) is 3.01. The van der Waals surface area contributed by atoms with Crippen LogP contribution >= 0.6 is 11.6 Å². The van der Waals surface area contributed by atoms with E-state index in [0.717, 1.165) is 0 Å². The quantitative estimate of drug-likeness (QED) is 0.516. The number of hydrogen-bond donors (Lipinski definition) is 1. The molecule has 7 heteroatoms. The van der Waals surface area contributed by atoms with Gasteiger partial charge in [0.25, 0.3) is 5.56 Å². The number of aromatic nitrogens is 3. The van der Waals surface area contributed by atoms with Crippen LogP contribution in [0.3, 0.4) is 0 Å². The molecule has 1 N–H and O–H groups in total. The number of nitrogens with zero attached hydrogens (tertiary/aromatic N) is 3. The molecule has 0 aliphatic carbocycles. The zero-order valence-electron chi connectivity index (χ0n) is 9.40. The lowest BCUT2D eigenvalue weighted by atomic mass is 10.2. The van der Waals surface area contributed by atoms with Crippen LogP contribution in [0.25, 0.3) is 5.65 Å². The second-order valence-electron chi connectivity index (χ2n) is 3.66. The number of H-pyrrole nitrogens is 1. The Kier molecular flexibility index (Phi) is 2.97. The first-order valence-electron chi connectivity index (χ1n) is 5.16. The fraction of sp³-hybridized carbons (Fsp3) is 0.400. The molecule has 0 saturated heterocycles. The molecule has 1 atom stereocenters. The summed E-state index contributed by atoms with van der Waals surface area (Å²) in [6.07, 6.45) is 2.08. The maximum Gasteiger partial charge on any atom is 0.276 e. The van der Waals surface area contributed by atoms with Crippen LogP contribution in [-0.2, 0) is 6.42 Å². The number of aryl methyl sites for hydroxylation is 1. The maximum absolute atomic E-state index is 12.0. The summed E-state index contributed by atoms with van der Waals surface area (Å²) in [6, 6.07) is 0. The van der Waals surface area contributed by atoms with Crippen molar-refractivity contribution in [2.24, 2.45) is 5.18 Å². The molecule has 17 heavy (non-hydrogen) atoms. The van der Waals surface area contributed by atoms with Crippen LogP contribution < -0.4 is 5.56 Å². The average molecular weight is 255 g/mol. The maximum atomic E-state index is 12.0. The van der Waals surface area contributed by atoms with Crippen molar-refractivity contribution in [1.29, 1.82) is 0 Å². The molecule has 2 rings (SSSR count). The Hall–Kier alpha value is -1.69. The molecule has 2 heterocycles. The van der Waals surface area contributed by atoms with E-state index < -0.39 is 5.50 Å². The highest BCUT2D eigenvalue weighted by atomic mass is 35.5. The molecule has 0 bridgehead atoms. The van der Waals surface area contributed by atoms with Gasteiger partial charge < -0.3 is 0 Å². The molecular weight excluding hydrogens is 244 g/mol. The standard InChI is InChI=1S/C10H11ClN4O2/c1-3-6-5(2)13-9-7(8(11)14-17)4-12-15(9)10(6)16/h4,8,12H,3H2,1-2H3. The minimum atomic E-state index is -1.05. The van der Waals surface area contributed by atoms with Gasteiger partial charge >= 0.3 is 0 Å². The van der Waals surface area contributed by atoms with E-state index in [1.807, 2.05) is 6.92 Å². The summed E-state index contributed by atoms with van der Waals surface area (Å²) < 4.78 is 1.28. The van der Waals surface area contributed by atoms with Crippen LogP contribution in [0, 0.1) is 11.8 Å². The van der Waals surface area contributed by atoms with Gasteiger partial charge in [0.15, 0.2) is 11.1 Å². The minimum absolute atomic E-state index is 0.170. The van der Waals surface area contributed by atoms with E-state index in [-0.39, 0.29) is 5.56 Å². The van der Waals surface area contributed by atoms with Crippen LogP contribution in [0.4, 0.5) is 0 Å². The van der Waals surface area contributed by atoms with E-state index >= 15 is 0 Å². The summed E-state index contributed by atoms with van der Waals surface area (Å²) >= 11 is 5.73. The molecule has 90 valence electrons. The Balaban J connectivity index is 2.80. The first kappa shape index (κ1) is 11.8. The van der Waals surface area contributed by atoms with Gasteiger partial charge in [-0.05, 0) is 18.5 Å². The normalized spacial score (nSPS) is 12.9. The van der Waals surface area contributed by atoms with E-state index in [1.54, 1.807) is 6.92 Å². The molecule has 1 unspecified atom stereocenters. The van der Waals surface area contributed by atoms with Gasteiger partial charge in [0.1, 0.15) is 0 Å². The van der Waals surface area contributed by atoms with Crippen molar-refractivity contribution >= 4 is 17.2 Å².